The molecule has 122 valence electrons. The van der Waals surface area contributed by atoms with E-state index in [0.29, 0.717) is 18.1 Å². The van der Waals surface area contributed by atoms with Gasteiger partial charge in [-0.2, -0.15) is 0 Å². The molecule has 0 N–H and O–H groups in total. The highest BCUT2D eigenvalue weighted by Crippen LogP contribution is 2.33. The first-order valence-electron chi connectivity index (χ1n) is 6.52. The lowest BCUT2D eigenvalue weighted by molar-refractivity contribution is 0.0597. The standard InChI is InChI=1S/C9H9BrO3.C7H5BrO2/c1-12-8-4-3-6(10)5-7(8)9(11)13-2;8-5-1-2-6-7(3-5)10-4-9-6/h3-5H,1-2H3;1-3H,4H2. The molecule has 0 unspecified atom stereocenters. The van der Waals surface area contributed by atoms with Crippen LogP contribution in [0.25, 0.3) is 0 Å². The molecular weight excluding hydrogens is 432 g/mol. The highest BCUT2D eigenvalue weighted by Gasteiger charge is 2.12. The summed E-state index contributed by atoms with van der Waals surface area (Å²) in [6.45, 7) is 0.339. The minimum absolute atomic E-state index is 0.339. The summed E-state index contributed by atoms with van der Waals surface area (Å²) in [5.41, 5.74) is 0.416. The highest BCUT2D eigenvalue weighted by atomic mass is 79.9. The van der Waals surface area contributed by atoms with E-state index < -0.39 is 5.97 Å². The molecule has 0 radical (unpaired) electrons. The molecule has 0 aromatic heterocycles. The number of fused-ring (bicyclic) bond motifs is 1. The fraction of sp³-hybridized carbons (Fsp3) is 0.188. The Bertz CT molecular complexity index is 703. The Morgan fingerprint density at radius 2 is 1.65 bits per heavy atom. The van der Waals surface area contributed by atoms with Gasteiger partial charge in [0.1, 0.15) is 11.3 Å². The number of hydrogen-bond acceptors (Lipinski definition) is 5. The number of carbonyl (C=O) groups excluding carboxylic acids is 1. The normalized spacial score (nSPS) is 11.3. The first-order chi connectivity index (χ1) is 11.0. The molecule has 2 aromatic rings. The topological polar surface area (TPSA) is 54.0 Å². The van der Waals surface area contributed by atoms with Crippen LogP contribution < -0.4 is 14.2 Å². The zero-order valence-electron chi connectivity index (χ0n) is 12.5. The monoisotopic (exact) mass is 444 g/mol. The van der Waals surface area contributed by atoms with Crippen molar-refractivity contribution in [1.82, 2.24) is 0 Å². The van der Waals surface area contributed by atoms with E-state index >= 15 is 0 Å². The number of esters is 1. The lowest BCUT2D eigenvalue weighted by atomic mass is 10.2. The van der Waals surface area contributed by atoms with Crippen LogP contribution in [0, 0.1) is 0 Å². The summed E-state index contributed by atoms with van der Waals surface area (Å²) >= 11 is 6.59. The Hall–Kier alpha value is -1.73. The van der Waals surface area contributed by atoms with E-state index in [9.17, 15) is 4.79 Å². The van der Waals surface area contributed by atoms with Crippen LogP contribution in [0.15, 0.2) is 45.3 Å². The van der Waals surface area contributed by atoms with Crippen molar-refractivity contribution in [3.05, 3.63) is 50.9 Å². The second-order valence-corrected chi connectivity index (χ2v) is 6.17. The smallest absolute Gasteiger partial charge is 0.341 e. The van der Waals surface area contributed by atoms with Crippen LogP contribution in [-0.4, -0.2) is 27.0 Å². The molecule has 0 atom stereocenters. The van der Waals surface area contributed by atoms with Crippen molar-refractivity contribution in [3.8, 4) is 17.2 Å². The van der Waals surface area contributed by atoms with Gasteiger partial charge in [-0.1, -0.05) is 31.9 Å². The van der Waals surface area contributed by atoms with Crippen LogP contribution in [0.1, 0.15) is 10.4 Å². The summed E-state index contributed by atoms with van der Waals surface area (Å²) in [7, 11) is 2.85. The summed E-state index contributed by atoms with van der Waals surface area (Å²) in [6, 6.07) is 10.9. The van der Waals surface area contributed by atoms with E-state index in [1.54, 1.807) is 18.2 Å². The van der Waals surface area contributed by atoms with Gasteiger partial charge in [-0.15, -0.1) is 0 Å². The van der Waals surface area contributed by atoms with Gasteiger partial charge in [0.2, 0.25) is 6.79 Å². The fourth-order valence-corrected chi connectivity index (χ4v) is 2.52. The SMILES string of the molecule is Brc1ccc2c(c1)OCO2.COC(=O)c1cc(Br)ccc1OC. The number of methoxy groups -OCH3 is 2. The van der Waals surface area contributed by atoms with Gasteiger partial charge in [0.15, 0.2) is 11.5 Å². The van der Waals surface area contributed by atoms with Crippen molar-refractivity contribution in [2.24, 2.45) is 0 Å². The van der Waals surface area contributed by atoms with E-state index in [4.69, 9.17) is 14.2 Å². The van der Waals surface area contributed by atoms with Crippen molar-refractivity contribution >= 4 is 37.8 Å². The second-order valence-electron chi connectivity index (χ2n) is 4.33. The molecule has 23 heavy (non-hydrogen) atoms. The maximum absolute atomic E-state index is 11.2. The van der Waals surface area contributed by atoms with Gasteiger partial charge in [-0.3, -0.25) is 0 Å². The first kappa shape index (κ1) is 17.6. The Balaban J connectivity index is 0.000000172. The van der Waals surface area contributed by atoms with Crippen LogP contribution in [0.3, 0.4) is 0 Å². The van der Waals surface area contributed by atoms with E-state index in [1.807, 2.05) is 18.2 Å². The average molecular weight is 446 g/mol. The van der Waals surface area contributed by atoms with Crippen molar-refractivity contribution in [2.45, 2.75) is 0 Å². The molecule has 0 fully saturated rings. The van der Waals surface area contributed by atoms with Crippen LogP contribution >= 0.6 is 31.9 Å². The van der Waals surface area contributed by atoms with Gasteiger partial charge in [0.25, 0.3) is 0 Å². The van der Waals surface area contributed by atoms with Gasteiger partial charge in [0, 0.05) is 8.95 Å². The van der Waals surface area contributed by atoms with Gasteiger partial charge in [-0.05, 0) is 36.4 Å². The molecule has 0 amide bonds. The lowest BCUT2D eigenvalue weighted by Gasteiger charge is -2.06. The summed E-state index contributed by atoms with van der Waals surface area (Å²) in [6.07, 6.45) is 0. The predicted molar refractivity (Wildman–Crippen MR) is 92.3 cm³/mol. The average Bonchev–Trinajstić information content (AvgIpc) is 3.02. The number of ether oxygens (including phenoxy) is 4. The Kier molecular flexibility index (Phi) is 6.29. The minimum atomic E-state index is -0.404. The molecule has 1 aliphatic rings. The number of rotatable bonds is 2. The number of benzene rings is 2. The van der Waals surface area contributed by atoms with Crippen LogP contribution in [0.5, 0.6) is 17.2 Å². The molecular formula is C16H14Br2O5. The largest absolute Gasteiger partial charge is 0.496 e. The Morgan fingerprint density at radius 1 is 1.00 bits per heavy atom. The van der Waals surface area contributed by atoms with Crippen LogP contribution in [0.4, 0.5) is 0 Å². The third kappa shape index (κ3) is 4.62. The highest BCUT2D eigenvalue weighted by molar-refractivity contribution is 9.10. The van der Waals surface area contributed by atoms with Crippen molar-refractivity contribution in [2.75, 3.05) is 21.0 Å². The predicted octanol–water partition coefficient (Wildman–Crippen LogP) is 4.42. The van der Waals surface area contributed by atoms with Gasteiger partial charge >= 0.3 is 5.97 Å². The summed E-state index contributed by atoms with van der Waals surface area (Å²) in [4.78, 5) is 11.2. The van der Waals surface area contributed by atoms with Crippen molar-refractivity contribution < 1.29 is 23.7 Å². The molecule has 0 saturated heterocycles. The Labute approximate surface area is 150 Å². The quantitative estimate of drug-likeness (QED) is 0.640. The van der Waals surface area contributed by atoms with E-state index in [1.165, 1.54) is 14.2 Å². The zero-order chi connectivity index (χ0) is 16.8. The second kappa shape index (κ2) is 8.21. The molecule has 0 bridgehead atoms. The zero-order valence-corrected chi connectivity index (χ0v) is 15.6. The van der Waals surface area contributed by atoms with E-state index in [0.717, 1.165) is 20.4 Å². The molecule has 0 aliphatic carbocycles. The molecule has 0 spiro atoms. The van der Waals surface area contributed by atoms with Crippen LogP contribution in [0.2, 0.25) is 0 Å². The van der Waals surface area contributed by atoms with Gasteiger partial charge in [-0.25, -0.2) is 4.79 Å². The van der Waals surface area contributed by atoms with Crippen molar-refractivity contribution in [1.29, 1.82) is 0 Å². The fourth-order valence-electron chi connectivity index (χ4n) is 1.82. The number of hydrogen-bond donors (Lipinski definition) is 0. The molecule has 1 aliphatic heterocycles. The first-order valence-corrected chi connectivity index (χ1v) is 8.10. The number of carbonyl (C=O) groups is 1. The summed E-state index contributed by atoms with van der Waals surface area (Å²) in [5.74, 6) is 1.74. The molecule has 1 heterocycles. The van der Waals surface area contributed by atoms with Crippen molar-refractivity contribution in [3.63, 3.8) is 0 Å². The minimum Gasteiger partial charge on any atom is -0.496 e. The lowest BCUT2D eigenvalue weighted by Crippen LogP contribution is -2.03. The number of halogens is 2. The summed E-state index contributed by atoms with van der Waals surface area (Å²) < 4.78 is 21.7. The van der Waals surface area contributed by atoms with E-state index in [2.05, 4.69) is 36.6 Å². The third-order valence-corrected chi connectivity index (χ3v) is 3.89. The van der Waals surface area contributed by atoms with Crippen LogP contribution in [-0.2, 0) is 4.74 Å². The maximum atomic E-state index is 11.2. The molecule has 2 aromatic carbocycles. The molecule has 7 heteroatoms. The molecule has 0 saturated carbocycles. The molecule has 5 nitrogen and oxygen atoms in total. The summed E-state index contributed by atoms with van der Waals surface area (Å²) in [5, 5.41) is 0. The molecule has 3 rings (SSSR count). The van der Waals surface area contributed by atoms with Gasteiger partial charge in [0.05, 0.1) is 14.2 Å². The van der Waals surface area contributed by atoms with E-state index in [-0.39, 0.29) is 0 Å². The third-order valence-electron chi connectivity index (χ3n) is 2.90. The van der Waals surface area contributed by atoms with Gasteiger partial charge < -0.3 is 18.9 Å². The Morgan fingerprint density at radius 3 is 2.35 bits per heavy atom. The maximum Gasteiger partial charge on any atom is 0.341 e.